The molecule has 1 unspecified atom stereocenters. The topological polar surface area (TPSA) is 24.4 Å². The van der Waals surface area contributed by atoms with Gasteiger partial charge in [-0.15, -0.1) is 0 Å². The van der Waals surface area contributed by atoms with Gasteiger partial charge < -0.3 is 5.32 Å². The number of amidine groups is 1. The summed E-state index contributed by atoms with van der Waals surface area (Å²) in [7, 11) is 0. The third-order valence-corrected chi connectivity index (χ3v) is 4.55. The van der Waals surface area contributed by atoms with E-state index in [0.29, 0.717) is 12.0 Å². The number of thioether (sulfide) groups is 1. The highest BCUT2D eigenvalue weighted by Crippen LogP contribution is 2.26. The molecule has 1 heterocycles. The number of benzene rings is 1. The van der Waals surface area contributed by atoms with Crippen LogP contribution in [0.15, 0.2) is 23.2 Å². The molecular formula is C13H16FIN2S. The number of aliphatic imine (C=N–C) groups is 1. The predicted molar refractivity (Wildman–Crippen MR) is 85.9 cm³/mol. The molecule has 2 rings (SSSR count). The van der Waals surface area contributed by atoms with Crippen LogP contribution in [0, 0.1) is 15.3 Å². The van der Waals surface area contributed by atoms with E-state index in [1.807, 2.05) is 0 Å². The van der Waals surface area contributed by atoms with Gasteiger partial charge in [-0.1, -0.05) is 25.6 Å². The van der Waals surface area contributed by atoms with Gasteiger partial charge in [0.15, 0.2) is 5.17 Å². The molecule has 0 amide bonds. The minimum atomic E-state index is -0.205. The van der Waals surface area contributed by atoms with E-state index < -0.39 is 0 Å². The largest absolute Gasteiger partial charge is 0.334 e. The smallest absolute Gasteiger partial charge is 0.161 e. The minimum absolute atomic E-state index is 0.205. The molecule has 1 aromatic carbocycles. The van der Waals surface area contributed by atoms with Gasteiger partial charge in [0.05, 0.1) is 11.7 Å². The van der Waals surface area contributed by atoms with Crippen LogP contribution >= 0.6 is 34.4 Å². The molecule has 1 N–H and O–H groups in total. The lowest BCUT2D eigenvalue weighted by Crippen LogP contribution is -2.08. The summed E-state index contributed by atoms with van der Waals surface area (Å²) in [6.45, 7) is 4.43. The van der Waals surface area contributed by atoms with Crippen molar-refractivity contribution in [2.45, 2.75) is 26.3 Å². The lowest BCUT2D eigenvalue weighted by molar-refractivity contribution is 0.529. The van der Waals surface area contributed by atoms with Crippen LogP contribution < -0.4 is 5.32 Å². The maximum Gasteiger partial charge on any atom is 0.161 e. The first kappa shape index (κ1) is 14.1. The zero-order valence-electron chi connectivity index (χ0n) is 10.4. The van der Waals surface area contributed by atoms with Crippen molar-refractivity contribution in [2.24, 2.45) is 10.9 Å². The lowest BCUT2D eigenvalue weighted by Gasteiger charge is -2.08. The molecule has 1 aromatic rings. The van der Waals surface area contributed by atoms with Gasteiger partial charge in [0.2, 0.25) is 0 Å². The Morgan fingerprint density at radius 3 is 3.00 bits per heavy atom. The third-order valence-electron chi connectivity index (χ3n) is 2.63. The van der Waals surface area contributed by atoms with Crippen molar-refractivity contribution in [3.8, 4) is 0 Å². The van der Waals surface area contributed by atoms with Crippen LogP contribution in [0.25, 0.3) is 0 Å². The number of halogens is 2. The molecule has 1 aliphatic heterocycles. The maximum atomic E-state index is 13.0. The third kappa shape index (κ3) is 3.85. The summed E-state index contributed by atoms with van der Waals surface area (Å²) in [5.74, 6) is 1.51. The Balaban J connectivity index is 2.02. The summed E-state index contributed by atoms with van der Waals surface area (Å²) in [5.41, 5.74) is 0.924. The first-order valence-electron chi connectivity index (χ1n) is 5.97. The highest BCUT2D eigenvalue weighted by molar-refractivity contribution is 14.1. The Morgan fingerprint density at radius 2 is 2.33 bits per heavy atom. The number of nitrogens with zero attached hydrogens (tertiary/aromatic N) is 1. The molecule has 2 nitrogen and oxygen atoms in total. The average Bonchev–Trinajstić information content (AvgIpc) is 2.69. The molecule has 0 saturated heterocycles. The summed E-state index contributed by atoms with van der Waals surface area (Å²) in [5, 5.41) is 4.23. The zero-order chi connectivity index (χ0) is 13.1. The summed E-state index contributed by atoms with van der Waals surface area (Å²) < 4.78 is 13.9. The highest BCUT2D eigenvalue weighted by Gasteiger charge is 2.19. The fourth-order valence-electron chi connectivity index (χ4n) is 1.85. The van der Waals surface area contributed by atoms with Gasteiger partial charge in [0.25, 0.3) is 0 Å². The second kappa shape index (κ2) is 6.23. The van der Waals surface area contributed by atoms with Gasteiger partial charge >= 0.3 is 0 Å². The van der Waals surface area contributed by atoms with Gasteiger partial charge in [-0.2, -0.15) is 0 Å². The van der Waals surface area contributed by atoms with Crippen molar-refractivity contribution in [3.05, 3.63) is 27.6 Å². The quantitative estimate of drug-likeness (QED) is 0.791. The SMILES string of the molecule is CC(C)CC1CSC(Nc2ccc(F)cc2I)=N1. The van der Waals surface area contributed by atoms with E-state index in [4.69, 9.17) is 0 Å². The average molecular weight is 378 g/mol. The number of anilines is 1. The van der Waals surface area contributed by atoms with Crippen molar-refractivity contribution >= 4 is 45.2 Å². The monoisotopic (exact) mass is 378 g/mol. The molecule has 98 valence electrons. The number of nitrogens with one attached hydrogen (secondary N) is 1. The highest BCUT2D eigenvalue weighted by atomic mass is 127. The van der Waals surface area contributed by atoms with Gasteiger partial charge in [0.1, 0.15) is 5.82 Å². The summed E-state index contributed by atoms with van der Waals surface area (Å²) in [4.78, 5) is 4.66. The first-order chi connectivity index (χ1) is 8.54. The van der Waals surface area contributed by atoms with E-state index in [-0.39, 0.29) is 5.82 Å². The van der Waals surface area contributed by atoms with E-state index in [2.05, 4.69) is 46.7 Å². The van der Waals surface area contributed by atoms with E-state index in [0.717, 1.165) is 26.6 Å². The fraction of sp³-hybridized carbons (Fsp3) is 0.462. The fourth-order valence-corrected chi connectivity index (χ4v) is 3.43. The Labute approximate surface area is 125 Å². The van der Waals surface area contributed by atoms with E-state index in [1.54, 1.807) is 17.8 Å². The maximum absolute atomic E-state index is 13.0. The molecule has 18 heavy (non-hydrogen) atoms. The molecule has 0 bridgehead atoms. The molecule has 1 atom stereocenters. The summed E-state index contributed by atoms with van der Waals surface area (Å²) in [6.07, 6.45) is 1.12. The van der Waals surface area contributed by atoms with Crippen molar-refractivity contribution in [2.75, 3.05) is 11.1 Å². The Morgan fingerprint density at radius 1 is 1.56 bits per heavy atom. The van der Waals surface area contributed by atoms with Gasteiger partial charge in [-0.25, -0.2) is 4.39 Å². The molecular weight excluding hydrogens is 362 g/mol. The number of hydrogen-bond donors (Lipinski definition) is 1. The standard InChI is InChI=1S/C13H16FIN2S/c1-8(2)5-10-7-18-13(16-10)17-12-4-3-9(14)6-11(12)15/h3-4,6,8,10H,5,7H2,1-2H3,(H,16,17). The molecule has 0 radical (unpaired) electrons. The van der Waals surface area contributed by atoms with Crippen molar-refractivity contribution in [3.63, 3.8) is 0 Å². The Bertz CT molecular complexity index is 462. The molecule has 0 saturated carbocycles. The van der Waals surface area contributed by atoms with Gasteiger partial charge in [-0.3, -0.25) is 4.99 Å². The Hall–Kier alpha value is -0.300. The second-order valence-corrected chi connectivity index (χ2v) is 6.95. The van der Waals surface area contributed by atoms with Crippen LogP contribution in [-0.2, 0) is 0 Å². The molecule has 1 aliphatic rings. The molecule has 0 aromatic heterocycles. The van der Waals surface area contributed by atoms with Gasteiger partial charge in [-0.05, 0) is 53.1 Å². The van der Waals surface area contributed by atoms with E-state index >= 15 is 0 Å². The molecule has 0 fully saturated rings. The first-order valence-corrected chi connectivity index (χ1v) is 8.03. The van der Waals surface area contributed by atoms with Crippen LogP contribution in [0.2, 0.25) is 0 Å². The zero-order valence-corrected chi connectivity index (χ0v) is 13.4. The second-order valence-electron chi connectivity index (χ2n) is 4.78. The van der Waals surface area contributed by atoms with Gasteiger partial charge in [0, 0.05) is 9.32 Å². The van der Waals surface area contributed by atoms with E-state index in [1.165, 1.54) is 12.1 Å². The number of rotatable bonds is 3. The van der Waals surface area contributed by atoms with Crippen LogP contribution in [0.5, 0.6) is 0 Å². The van der Waals surface area contributed by atoms with Crippen LogP contribution in [0.3, 0.4) is 0 Å². The molecule has 0 aliphatic carbocycles. The summed E-state index contributed by atoms with van der Waals surface area (Å²) >= 11 is 3.87. The normalized spacial score (nSPS) is 19.2. The van der Waals surface area contributed by atoms with Crippen molar-refractivity contribution in [1.82, 2.24) is 0 Å². The minimum Gasteiger partial charge on any atom is -0.334 e. The molecule has 5 heteroatoms. The van der Waals surface area contributed by atoms with Crippen LogP contribution in [0.4, 0.5) is 10.1 Å². The van der Waals surface area contributed by atoms with Crippen LogP contribution in [0.1, 0.15) is 20.3 Å². The van der Waals surface area contributed by atoms with E-state index in [9.17, 15) is 4.39 Å². The summed E-state index contributed by atoms with van der Waals surface area (Å²) in [6, 6.07) is 5.16. The Kier molecular flexibility index (Phi) is 4.89. The lowest BCUT2D eigenvalue weighted by atomic mass is 10.1. The van der Waals surface area contributed by atoms with Crippen LogP contribution in [-0.4, -0.2) is 17.0 Å². The van der Waals surface area contributed by atoms with Crippen molar-refractivity contribution in [1.29, 1.82) is 0 Å². The van der Waals surface area contributed by atoms with Crippen molar-refractivity contribution < 1.29 is 4.39 Å². The molecule has 0 spiro atoms. The predicted octanol–water partition coefficient (Wildman–Crippen LogP) is 4.36. The number of hydrogen-bond acceptors (Lipinski definition) is 3.